The summed E-state index contributed by atoms with van der Waals surface area (Å²) in [5.41, 5.74) is 0. The van der Waals surface area contributed by atoms with Crippen LogP contribution >= 0.6 is 0 Å². The first-order valence-corrected chi connectivity index (χ1v) is 6.07. The Morgan fingerprint density at radius 1 is 1.59 bits per heavy atom. The van der Waals surface area contributed by atoms with E-state index in [0.717, 1.165) is 26.2 Å². The van der Waals surface area contributed by atoms with Crippen molar-refractivity contribution in [2.24, 2.45) is 0 Å². The molecule has 0 aliphatic carbocycles. The van der Waals surface area contributed by atoms with Crippen molar-refractivity contribution in [3.05, 3.63) is 11.7 Å². The van der Waals surface area contributed by atoms with Crippen LogP contribution in [0, 0.1) is 6.92 Å². The van der Waals surface area contributed by atoms with Gasteiger partial charge in [0, 0.05) is 18.6 Å². The van der Waals surface area contributed by atoms with Crippen LogP contribution in [0.15, 0.2) is 4.52 Å². The van der Waals surface area contributed by atoms with Crippen LogP contribution in [0.3, 0.4) is 0 Å². The van der Waals surface area contributed by atoms with Gasteiger partial charge < -0.3 is 19.9 Å². The lowest BCUT2D eigenvalue weighted by atomic mass is 10.1. The van der Waals surface area contributed by atoms with Crippen molar-refractivity contribution >= 4 is 0 Å². The Balaban J connectivity index is 1.68. The minimum atomic E-state index is 0.390. The van der Waals surface area contributed by atoms with Crippen LogP contribution in [0.1, 0.15) is 25.1 Å². The van der Waals surface area contributed by atoms with E-state index in [1.165, 1.54) is 0 Å². The number of ether oxygens (including phenoxy) is 1. The van der Waals surface area contributed by atoms with E-state index in [-0.39, 0.29) is 0 Å². The average molecular weight is 240 g/mol. The first-order chi connectivity index (χ1) is 8.24. The second-order valence-electron chi connectivity index (χ2n) is 4.48. The van der Waals surface area contributed by atoms with Crippen molar-refractivity contribution in [1.82, 2.24) is 20.8 Å². The summed E-state index contributed by atoms with van der Waals surface area (Å²) in [6.45, 7) is 7.15. The molecule has 6 nitrogen and oxygen atoms in total. The highest BCUT2D eigenvalue weighted by atomic mass is 16.5. The highest BCUT2D eigenvalue weighted by Crippen LogP contribution is 2.03. The molecule has 17 heavy (non-hydrogen) atoms. The van der Waals surface area contributed by atoms with Crippen LogP contribution in [0.4, 0.5) is 0 Å². The lowest BCUT2D eigenvalue weighted by Crippen LogP contribution is -2.44. The summed E-state index contributed by atoms with van der Waals surface area (Å²) in [5, 5.41) is 10.6. The van der Waals surface area contributed by atoms with Gasteiger partial charge in [0.2, 0.25) is 5.89 Å². The van der Waals surface area contributed by atoms with Gasteiger partial charge in [0.15, 0.2) is 5.82 Å². The standard InChI is InChI=1S/C11H20N4O2/c1-8(5-10-7-16-4-3-12-10)13-6-11-14-9(2)15-17-11/h8,10,12-13H,3-7H2,1-2H3. The molecule has 0 saturated carbocycles. The molecule has 0 aromatic carbocycles. The van der Waals surface area contributed by atoms with Crippen molar-refractivity contribution < 1.29 is 9.26 Å². The van der Waals surface area contributed by atoms with Crippen molar-refractivity contribution in [1.29, 1.82) is 0 Å². The average Bonchev–Trinajstić information content (AvgIpc) is 2.74. The molecule has 2 atom stereocenters. The van der Waals surface area contributed by atoms with E-state index in [4.69, 9.17) is 9.26 Å². The molecule has 0 radical (unpaired) electrons. The summed E-state index contributed by atoms with van der Waals surface area (Å²) in [4.78, 5) is 4.15. The van der Waals surface area contributed by atoms with E-state index >= 15 is 0 Å². The molecule has 6 heteroatoms. The first-order valence-electron chi connectivity index (χ1n) is 6.07. The van der Waals surface area contributed by atoms with Crippen molar-refractivity contribution in [3.63, 3.8) is 0 Å². The zero-order chi connectivity index (χ0) is 12.1. The molecule has 0 bridgehead atoms. The number of aryl methyl sites for hydroxylation is 1. The molecule has 1 aromatic heterocycles. The van der Waals surface area contributed by atoms with Gasteiger partial charge in [0.05, 0.1) is 19.8 Å². The third-order valence-electron chi connectivity index (χ3n) is 2.81. The fourth-order valence-corrected chi connectivity index (χ4v) is 1.95. The largest absolute Gasteiger partial charge is 0.379 e. The zero-order valence-corrected chi connectivity index (χ0v) is 10.4. The topological polar surface area (TPSA) is 72.2 Å². The van der Waals surface area contributed by atoms with Crippen molar-refractivity contribution in [3.8, 4) is 0 Å². The van der Waals surface area contributed by atoms with Gasteiger partial charge in [-0.3, -0.25) is 0 Å². The number of rotatable bonds is 5. The maximum Gasteiger partial charge on any atom is 0.240 e. The maximum absolute atomic E-state index is 5.42. The predicted molar refractivity (Wildman–Crippen MR) is 62.6 cm³/mol. The summed E-state index contributed by atoms with van der Waals surface area (Å²) in [6.07, 6.45) is 1.03. The number of nitrogens with zero attached hydrogens (tertiary/aromatic N) is 2. The summed E-state index contributed by atoms with van der Waals surface area (Å²) in [6, 6.07) is 0.831. The van der Waals surface area contributed by atoms with E-state index in [1.807, 2.05) is 6.92 Å². The Bertz CT molecular complexity index is 336. The van der Waals surface area contributed by atoms with Crippen LogP contribution in [-0.4, -0.2) is 42.0 Å². The number of hydrogen-bond acceptors (Lipinski definition) is 6. The highest BCUT2D eigenvalue weighted by Gasteiger charge is 2.16. The molecule has 1 aliphatic rings. The van der Waals surface area contributed by atoms with Gasteiger partial charge in [0.25, 0.3) is 0 Å². The molecule has 1 fully saturated rings. The maximum atomic E-state index is 5.42. The molecule has 2 heterocycles. The Labute approximate surface area is 101 Å². The van der Waals surface area contributed by atoms with Crippen LogP contribution in [0.25, 0.3) is 0 Å². The van der Waals surface area contributed by atoms with E-state index in [1.54, 1.807) is 0 Å². The third-order valence-corrected chi connectivity index (χ3v) is 2.81. The minimum Gasteiger partial charge on any atom is -0.379 e. The van der Waals surface area contributed by atoms with Gasteiger partial charge in [-0.1, -0.05) is 5.16 Å². The van der Waals surface area contributed by atoms with E-state index in [9.17, 15) is 0 Å². The Kier molecular flexibility index (Phi) is 4.47. The van der Waals surface area contributed by atoms with Gasteiger partial charge in [-0.05, 0) is 20.3 Å². The minimum absolute atomic E-state index is 0.390. The van der Waals surface area contributed by atoms with Crippen molar-refractivity contribution in [2.75, 3.05) is 19.8 Å². The van der Waals surface area contributed by atoms with Gasteiger partial charge in [0.1, 0.15) is 0 Å². The Hall–Kier alpha value is -0.980. The van der Waals surface area contributed by atoms with Crippen molar-refractivity contribution in [2.45, 2.75) is 38.9 Å². The fraction of sp³-hybridized carbons (Fsp3) is 0.818. The van der Waals surface area contributed by atoms with E-state index in [2.05, 4.69) is 27.7 Å². The fourth-order valence-electron chi connectivity index (χ4n) is 1.95. The SMILES string of the molecule is Cc1noc(CNC(C)CC2COCCN2)n1. The molecule has 0 spiro atoms. The molecule has 1 aromatic rings. The first kappa shape index (κ1) is 12.5. The van der Waals surface area contributed by atoms with Gasteiger partial charge in [-0.15, -0.1) is 0 Å². The number of morpholine rings is 1. The molecule has 96 valence electrons. The Morgan fingerprint density at radius 3 is 3.12 bits per heavy atom. The molecular formula is C11H20N4O2. The molecule has 0 amide bonds. The van der Waals surface area contributed by atoms with Crippen LogP contribution in [-0.2, 0) is 11.3 Å². The highest BCUT2D eigenvalue weighted by molar-refractivity contribution is 4.83. The zero-order valence-electron chi connectivity index (χ0n) is 10.4. The molecule has 1 saturated heterocycles. The van der Waals surface area contributed by atoms with Gasteiger partial charge in [-0.25, -0.2) is 0 Å². The second-order valence-corrected chi connectivity index (χ2v) is 4.48. The molecular weight excluding hydrogens is 220 g/mol. The lowest BCUT2D eigenvalue weighted by molar-refractivity contribution is 0.0711. The van der Waals surface area contributed by atoms with Crippen LogP contribution < -0.4 is 10.6 Å². The lowest BCUT2D eigenvalue weighted by Gasteiger charge is -2.26. The third kappa shape index (κ3) is 4.07. The molecule has 2 N–H and O–H groups in total. The summed E-state index contributed by atoms with van der Waals surface area (Å²) in [5.74, 6) is 1.32. The summed E-state index contributed by atoms with van der Waals surface area (Å²) in [7, 11) is 0. The van der Waals surface area contributed by atoms with E-state index < -0.39 is 0 Å². The Morgan fingerprint density at radius 2 is 2.47 bits per heavy atom. The number of aromatic nitrogens is 2. The number of hydrogen-bond donors (Lipinski definition) is 2. The smallest absolute Gasteiger partial charge is 0.240 e. The molecule has 2 rings (SSSR count). The summed E-state index contributed by atoms with van der Waals surface area (Å²) >= 11 is 0. The molecule has 2 unspecified atom stereocenters. The normalized spacial score (nSPS) is 22.6. The van der Waals surface area contributed by atoms with Gasteiger partial charge >= 0.3 is 0 Å². The summed E-state index contributed by atoms with van der Waals surface area (Å²) < 4.78 is 10.5. The number of nitrogens with one attached hydrogen (secondary N) is 2. The molecule has 1 aliphatic heterocycles. The van der Waals surface area contributed by atoms with Crippen LogP contribution in [0.5, 0.6) is 0 Å². The monoisotopic (exact) mass is 240 g/mol. The van der Waals surface area contributed by atoms with Crippen LogP contribution in [0.2, 0.25) is 0 Å². The van der Waals surface area contributed by atoms with E-state index in [0.29, 0.717) is 30.3 Å². The quantitative estimate of drug-likeness (QED) is 0.768. The van der Waals surface area contributed by atoms with Gasteiger partial charge in [-0.2, -0.15) is 4.98 Å². The predicted octanol–water partition coefficient (Wildman–Crippen LogP) is 0.235. The second kappa shape index (κ2) is 6.09.